The van der Waals surface area contributed by atoms with Crippen molar-refractivity contribution in [1.82, 2.24) is 15.0 Å². The molecule has 0 amide bonds. The third-order valence-corrected chi connectivity index (χ3v) is 3.74. The largest absolute Gasteiger partial charge is 0.436 e. The molecule has 0 N–H and O–H groups in total. The van der Waals surface area contributed by atoms with E-state index >= 15 is 0 Å². The fraction of sp³-hybridized carbons (Fsp3) is 0.417. The third kappa shape index (κ3) is 2.67. The first kappa shape index (κ1) is 13.4. The number of hydrogen-bond acceptors (Lipinski definition) is 5. The van der Waals surface area contributed by atoms with Crippen LogP contribution in [0.3, 0.4) is 0 Å². The second-order valence-electron chi connectivity index (χ2n) is 4.26. The Kier molecular flexibility index (Phi) is 3.92. The minimum absolute atomic E-state index is 0.248. The Hall–Kier alpha value is -1.07. The van der Waals surface area contributed by atoms with Crippen molar-refractivity contribution < 1.29 is 4.42 Å². The van der Waals surface area contributed by atoms with Crippen molar-refractivity contribution in [1.29, 1.82) is 0 Å². The number of aromatic nitrogens is 3. The van der Waals surface area contributed by atoms with Crippen LogP contribution in [0.4, 0.5) is 0 Å². The molecule has 0 atom stereocenters. The van der Waals surface area contributed by atoms with E-state index in [0.29, 0.717) is 10.4 Å². The van der Waals surface area contributed by atoms with Crippen molar-refractivity contribution in [3.05, 3.63) is 28.5 Å². The van der Waals surface area contributed by atoms with Crippen LogP contribution in [0.2, 0.25) is 5.15 Å². The summed E-state index contributed by atoms with van der Waals surface area (Å²) >= 11 is 7.49. The molecule has 0 bridgehead atoms. The summed E-state index contributed by atoms with van der Waals surface area (Å²) in [5, 5.41) is 1.87. The zero-order valence-corrected chi connectivity index (χ0v) is 12.3. The summed E-state index contributed by atoms with van der Waals surface area (Å²) in [6.07, 6.45) is 1.46. The summed E-state index contributed by atoms with van der Waals surface area (Å²) in [4.78, 5) is 12.6. The summed E-state index contributed by atoms with van der Waals surface area (Å²) in [5.74, 6) is 1.07. The fourth-order valence-electron chi connectivity index (χ4n) is 1.50. The lowest BCUT2D eigenvalue weighted by Gasteiger charge is -2.10. The number of rotatable bonds is 3. The van der Waals surface area contributed by atoms with E-state index in [-0.39, 0.29) is 5.92 Å². The van der Waals surface area contributed by atoms with Crippen molar-refractivity contribution in [2.45, 2.75) is 43.9 Å². The van der Waals surface area contributed by atoms with Crippen LogP contribution in [0.1, 0.15) is 36.8 Å². The Morgan fingerprint density at radius 2 is 2.00 bits per heavy atom. The van der Waals surface area contributed by atoms with Crippen molar-refractivity contribution in [3.63, 3.8) is 0 Å². The van der Waals surface area contributed by atoms with Gasteiger partial charge in [0.05, 0.1) is 5.69 Å². The maximum atomic E-state index is 6.11. The van der Waals surface area contributed by atoms with E-state index < -0.39 is 0 Å². The lowest BCUT2D eigenvalue weighted by Crippen LogP contribution is -1.97. The first-order valence-electron chi connectivity index (χ1n) is 5.61. The number of aryl methyl sites for hydroxylation is 2. The Morgan fingerprint density at radius 3 is 2.56 bits per heavy atom. The molecule has 2 heterocycles. The number of hydrogen-bond donors (Lipinski definition) is 0. The summed E-state index contributed by atoms with van der Waals surface area (Å²) in [7, 11) is 0. The highest BCUT2D eigenvalue weighted by Crippen LogP contribution is 2.35. The molecule has 6 heteroatoms. The van der Waals surface area contributed by atoms with Gasteiger partial charge in [-0.05, 0) is 31.5 Å². The summed E-state index contributed by atoms with van der Waals surface area (Å²) in [6.45, 7) is 7.92. The van der Waals surface area contributed by atoms with E-state index in [9.17, 15) is 0 Å². The van der Waals surface area contributed by atoms with E-state index in [0.717, 1.165) is 22.0 Å². The summed E-state index contributed by atoms with van der Waals surface area (Å²) in [5.41, 5.74) is 1.82. The zero-order chi connectivity index (χ0) is 13.3. The molecule has 0 aliphatic rings. The van der Waals surface area contributed by atoms with Gasteiger partial charge in [-0.15, -0.1) is 0 Å². The average Bonchev–Trinajstić information content (AvgIpc) is 2.57. The van der Waals surface area contributed by atoms with Crippen LogP contribution < -0.4 is 0 Å². The van der Waals surface area contributed by atoms with Crippen molar-refractivity contribution in [2.24, 2.45) is 0 Å². The predicted molar refractivity (Wildman–Crippen MR) is 71.2 cm³/mol. The van der Waals surface area contributed by atoms with Crippen LogP contribution in [0.15, 0.2) is 21.0 Å². The first-order chi connectivity index (χ1) is 8.49. The van der Waals surface area contributed by atoms with Crippen LogP contribution in [0.25, 0.3) is 0 Å². The van der Waals surface area contributed by atoms with Crippen LogP contribution >= 0.6 is 23.4 Å². The van der Waals surface area contributed by atoms with Gasteiger partial charge in [0.15, 0.2) is 0 Å². The molecule has 0 aliphatic heterocycles. The maximum absolute atomic E-state index is 6.11. The highest BCUT2D eigenvalue weighted by atomic mass is 35.5. The van der Waals surface area contributed by atoms with Crippen LogP contribution in [-0.4, -0.2) is 15.0 Å². The van der Waals surface area contributed by atoms with Gasteiger partial charge in [0.25, 0.3) is 5.22 Å². The molecule has 0 spiro atoms. The minimum atomic E-state index is 0.248. The molecule has 18 heavy (non-hydrogen) atoms. The van der Waals surface area contributed by atoms with Gasteiger partial charge >= 0.3 is 0 Å². The number of oxazole rings is 1. The molecule has 2 aromatic heterocycles. The lowest BCUT2D eigenvalue weighted by atomic mass is 10.1. The topological polar surface area (TPSA) is 51.8 Å². The Morgan fingerprint density at radius 1 is 1.28 bits per heavy atom. The Balaban J connectivity index is 2.37. The van der Waals surface area contributed by atoms with Gasteiger partial charge in [0, 0.05) is 5.56 Å². The molecular formula is C12H14ClN3OS. The van der Waals surface area contributed by atoms with E-state index in [4.69, 9.17) is 16.0 Å². The fourth-order valence-corrected chi connectivity index (χ4v) is 2.96. The van der Waals surface area contributed by atoms with Gasteiger partial charge in [-0.2, -0.15) is 0 Å². The summed E-state index contributed by atoms with van der Waals surface area (Å²) in [6, 6.07) is 0. The first-order valence-corrected chi connectivity index (χ1v) is 6.80. The van der Waals surface area contributed by atoms with Crippen molar-refractivity contribution >= 4 is 23.4 Å². The van der Waals surface area contributed by atoms with Gasteiger partial charge in [-0.3, -0.25) is 0 Å². The zero-order valence-electron chi connectivity index (χ0n) is 10.7. The monoisotopic (exact) mass is 283 g/mol. The number of halogens is 1. The van der Waals surface area contributed by atoms with Gasteiger partial charge in [0.2, 0.25) is 0 Å². The molecule has 0 fully saturated rings. The van der Waals surface area contributed by atoms with E-state index in [1.54, 1.807) is 0 Å². The molecule has 2 aromatic rings. The molecule has 0 aromatic carbocycles. The normalized spacial score (nSPS) is 11.2. The molecular weight excluding hydrogens is 270 g/mol. The minimum Gasteiger partial charge on any atom is -0.436 e. The van der Waals surface area contributed by atoms with Gasteiger partial charge in [0.1, 0.15) is 22.3 Å². The quantitative estimate of drug-likeness (QED) is 0.797. The molecule has 0 saturated heterocycles. The van der Waals surface area contributed by atoms with Crippen LogP contribution in [-0.2, 0) is 0 Å². The smallest absolute Gasteiger partial charge is 0.262 e. The van der Waals surface area contributed by atoms with Crippen molar-refractivity contribution in [3.8, 4) is 0 Å². The number of nitrogens with zero attached hydrogens (tertiary/aromatic N) is 3. The lowest BCUT2D eigenvalue weighted by molar-refractivity contribution is 0.430. The predicted octanol–water partition coefficient (Wildman–Crippen LogP) is 4.01. The highest BCUT2D eigenvalue weighted by Gasteiger charge is 2.17. The molecule has 96 valence electrons. The third-order valence-electron chi connectivity index (χ3n) is 2.57. The SMILES string of the molecule is Cc1nc(Sc2ncnc(Cl)c2C(C)C)oc1C. The van der Waals surface area contributed by atoms with Crippen molar-refractivity contribution in [2.75, 3.05) is 0 Å². The van der Waals surface area contributed by atoms with E-state index in [1.165, 1.54) is 18.1 Å². The molecule has 0 aliphatic carbocycles. The molecule has 0 saturated carbocycles. The second-order valence-corrected chi connectivity index (χ2v) is 5.56. The Labute approximate surface area is 115 Å². The van der Waals surface area contributed by atoms with Crippen LogP contribution in [0, 0.1) is 13.8 Å². The van der Waals surface area contributed by atoms with Gasteiger partial charge < -0.3 is 4.42 Å². The highest BCUT2D eigenvalue weighted by molar-refractivity contribution is 7.99. The van der Waals surface area contributed by atoms with E-state index in [1.807, 2.05) is 13.8 Å². The van der Waals surface area contributed by atoms with Crippen LogP contribution in [0.5, 0.6) is 0 Å². The molecule has 4 nitrogen and oxygen atoms in total. The Bertz CT molecular complexity index is 549. The molecule has 2 rings (SSSR count). The standard InChI is InChI=1S/C12H14ClN3OS/c1-6(2)9-10(13)14-5-15-11(9)18-12-16-7(3)8(4)17-12/h5-6H,1-4H3. The maximum Gasteiger partial charge on any atom is 0.262 e. The molecule has 0 radical (unpaired) electrons. The van der Waals surface area contributed by atoms with E-state index in [2.05, 4.69) is 28.8 Å². The van der Waals surface area contributed by atoms with Gasteiger partial charge in [-0.1, -0.05) is 25.4 Å². The van der Waals surface area contributed by atoms with Gasteiger partial charge in [-0.25, -0.2) is 15.0 Å². The average molecular weight is 284 g/mol. The molecule has 0 unspecified atom stereocenters. The second kappa shape index (κ2) is 5.28. The summed E-state index contributed by atoms with van der Waals surface area (Å²) < 4.78 is 5.54.